The van der Waals surface area contributed by atoms with Gasteiger partial charge in [0.05, 0.1) is 25.4 Å². The number of anilines is 1. The second-order valence-corrected chi connectivity index (χ2v) is 8.57. The lowest BCUT2D eigenvalue weighted by Gasteiger charge is -2.29. The maximum Gasteiger partial charge on any atom is 0.195 e. The highest BCUT2D eigenvalue weighted by Gasteiger charge is 2.33. The van der Waals surface area contributed by atoms with Crippen LogP contribution in [-0.4, -0.2) is 46.1 Å². The third-order valence-corrected chi connectivity index (χ3v) is 6.54. The molecule has 4 rings (SSSR count). The number of hydrogen-bond donors (Lipinski definition) is 1. The summed E-state index contributed by atoms with van der Waals surface area (Å²) >= 11 is 1.32. The molecule has 3 aliphatic rings. The van der Waals surface area contributed by atoms with Crippen LogP contribution in [-0.2, 0) is 6.54 Å². The minimum absolute atomic E-state index is 0.271. The lowest BCUT2D eigenvalue weighted by molar-refractivity contribution is 0.0605. The standard InChI is InChI=1S/C21H25F2N5O2S/c1-29-13-6-7-15(30-2)16(10-13)31-21-26-18-19(24)25-11-28(20(18)27-21)9-8-12-4-3-5-14(22)17(12)23/h6-7,10-12,14,17H,3-5,8-9,24H2,1-2H3. The lowest BCUT2D eigenvalue weighted by Crippen LogP contribution is -2.32. The second kappa shape index (κ2) is 9.25. The number of ether oxygens (including phenoxy) is 2. The topological polar surface area (TPSA) is 88.1 Å². The van der Waals surface area contributed by atoms with Crippen molar-refractivity contribution in [2.75, 3.05) is 20.0 Å². The average molecular weight is 450 g/mol. The molecule has 1 aliphatic carbocycles. The van der Waals surface area contributed by atoms with Gasteiger partial charge in [-0.05, 0) is 55.1 Å². The molecule has 10 heteroatoms. The van der Waals surface area contributed by atoms with Crippen LogP contribution in [0.15, 0.2) is 34.6 Å². The van der Waals surface area contributed by atoms with E-state index in [1.165, 1.54) is 11.8 Å². The van der Waals surface area contributed by atoms with Crippen molar-refractivity contribution >= 4 is 17.6 Å². The number of aryl methyl sites for hydroxylation is 1. The zero-order valence-electron chi connectivity index (χ0n) is 17.4. The number of hydrogen-bond acceptors (Lipinski definition) is 7. The van der Waals surface area contributed by atoms with Crippen LogP contribution in [0.1, 0.15) is 25.7 Å². The fraction of sp³-hybridized carbons (Fsp3) is 0.476. The number of benzene rings is 1. The molecule has 1 aromatic carbocycles. The monoisotopic (exact) mass is 449 g/mol. The molecule has 7 nitrogen and oxygen atoms in total. The molecule has 0 aromatic heterocycles. The maximum absolute atomic E-state index is 14.2. The van der Waals surface area contributed by atoms with Crippen LogP contribution in [0.25, 0.3) is 11.5 Å². The van der Waals surface area contributed by atoms with E-state index in [4.69, 9.17) is 15.2 Å². The van der Waals surface area contributed by atoms with E-state index in [9.17, 15) is 8.78 Å². The number of nitrogens with two attached hydrogens (primary N) is 1. The molecule has 3 atom stereocenters. The summed E-state index contributed by atoms with van der Waals surface area (Å²) in [5, 5.41) is 0.486. The molecule has 1 saturated carbocycles. The Labute approximate surface area is 183 Å². The zero-order valence-corrected chi connectivity index (χ0v) is 18.2. The van der Waals surface area contributed by atoms with E-state index in [1.807, 2.05) is 18.2 Å². The van der Waals surface area contributed by atoms with Crippen molar-refractivity contribution in [3.05, 3.63) is 24.5 Å². The summed E-state index contributed by atoms with van der Waals surface area (Å²) in [6.07, 6.45) is 1.02. The Balaban J connectivity index is 1.57. The Morgan fingerprint density at radius 2 is 2.03 bits per heavy atom. The molecule has 2 N–H and O–H groups in total. The maximum atomic E-state index is 14.2. The first kappa shape index (κ1) is 21.6. The summed E-state index contributed by atoms with van der Waals surface area (Å²) < 4.78 is 40.5. The Bertz CT molecular complexity index is 1020. The van der Waals surface area contributed by atoms with Gasteiger partial charge >= 0.3 is 0 Å². The molecule has 1 fully saturated rings. The smallest absolute Gasteiger partial charge is 0.195 e. The first-order valence-corrected chi connectivity index (χ1v) is 11.0. The van der Waals surface area contributed by atoms with Gasteiger partial charge in [0.25, 0.3) is 0 Å². The van der Waals surface area contributed by atoms with E-state index in [2.05, 4.69) is 15.0 Å². The van der Waals surface area contributed by atoms with Gasteiger partial charge in [-0.15, -0.1) is 0 Å². The summed E-state index contributed by atoms with van der Waals surface area (Å²) in [5.41, 5.74) is 6.50. The van der Waals surface area contributed by atoms with Crippen molar-refractivity contribution in [1.29, 1.82) is 0 Å². The van der Waals surface area contributed by atoms with Crippen molar-refractivity contribution in [2.24, 2.45) is 5.92 Å². The van der Waals surface area contributed by atoms with E-state index in [1.54, 1.807) is 25.1 Å². The first-order valence-electron chi connectivity index (χ1n) is 10.2. The number of rotatable bonds is 7. The molecule has 3 unspecified atom stereocenters. The predicted molar refractivity (Wildman–Crippen MR) is 114 cm³/mol. The molecule has 166 valence electrons. The third-order valence-electron chi connectivity index (χ3n) is 5.64. The van der Waals surface area contributed by atoms with Gasteiger partial charge in [0.1, 0.15) is 23.8 Å². The molecule has 0 radical (unpaired) electrons. The minimum atomic E-state index is -1.41. The first-order chi connectivity index (χ1) is 15.0. The van der Waals surface area contributed by atoms with Crippen molar-refractivity contribution < 1.29 is 18.3 Å². The zero-order chi connectivity index (χ0) is 22.0. The van der Waals surface area contributed by atoms with Crippen molar-refractivity contribution in [2.45, 2.75) is 54.6 Å². The lowest BCUT2D eigenvalue weighted by atomic mass is 9.84. The highest BCUT2D eigenvalue weighted by atomic mass is 32.2. The summed E-state index contributed by atoms with van der Waals surface area (Å²) in [6.45, 7) is 0.465. The number of aromatic nitrogens is 4. The van der Waals surface area contributed by atoms with Crippen LogP contribution in [0.5, 0.6) is 11.5 Å². The molecule has 0 spiro atoms. The number of alkyl halides is 2. The fourth-order valence-corrected chi connectivity index (χ4v) is 4.80. The molecule has 0 bridgehead atoms. The molecule has 2 heterocycles. The van der Waals surface area contributed by atoms with Crippen LogP contribution in [0.2, 0.25) is 0 Å². The van der Waals surface area contributed by atoms with Gasteiger partial charge in [-0.1, -0.05) is 6.42 Å². The van der Waals surface area contributed by atoms with Gasteiger partial charge in [0, 0.05) is 6.54 Å². The number of halogens is 2. The summed E-state index contributed by atoms with van der Waals surface area (Å²) in [6, 6.07) is 5.47. The Kier molecular flexibility index (Phi) is 6.45. The van der Waals surface area contributed by atoms with Crippen LogP contribution in [0, 0.1) is 5.92 Å². The van der Waals surface area contributed by atoms with E-state index >= 15 is 0 Å². The van der Waals surface area contributed by atoms with Crippen LogP contribution in [0.4, 0.5) is 14.6 Å². The summed E-state index contributed by atoms with van der Waals surface area (Å²) in [4.78, 5) is 14.2. The number of nitrogens with zero attached hydrogens (tertiary/aromatic N) is 4. The van der Waals surface area contributed by atoms with E-state index in [-0.39, 0.29) is 11.7 Å². The number of nitrogen functional groups attached to an aromatic ring is 1. The van der Waals surface area contributed by atoms with Crippen molar-refractivity contribution in [3.63, 3.8) is 0 Å². The molecule has 0 amide bonds. The average Bonchev–Trinajstić information content (AvgIpc) is 3.20. The molecule has 31 heavy (non-hydrogen) atoms. The van der Waals surface area contributed by atoms with Crippen LogP contribution in [0.3, 0.4) is 0 Å². The molecule has 0 saturated heterocycles. The molecule has 2 aliphatic heterocycles. The molecular formula is C21H25F2N5O2S. The van der Waals surface area contributed by atoms with Crippen LogP contribution < -0.4 is 15.2 Å². The number of methoxy groups -OCH3 is 2. The number of fused-ring (bicyclic) bond motifs is 1. The molecular weight excluding hydrogens is 424 g/mol. The molecule has 1 aromatic rings. The van der Waals surface area contributed by atoms with E-state index in [0.717, 1.165) is 4.90 Å². The van der Waals surface area contributed by atoms with Gasteiger partial charge in [-0.3, -0.25) is 0 Å². The SMILES string of the molecule is COc1ccc(OC)c(Sc2nc3c(N)ncn(CCC4CCCC(F)C4F)c-3n2)c1. The van der Waals surface area contributed by atoms with E-state index < -0.39 is 12.3 Å². The van der Waals surface area contributed by atoms with Gasteiger partial charge in [-0.2, -0.15) is 0 Å². The van der Waals surface area contributed by atoms with Crippen LogP contribution >= 0.6 is 11.8 Å². The highest BCUT2D eigenvalue weighted by Crippen LogP contribution is 2.38. The Morgan fingerprint density at radius 3 is 2.81 bits per heavy atom. The summed E-state index contributed by atoms with van der Waals surface area (Å²) in [5.74, 6) is 1.90. The van der Waals surface area contributed by atoms with Gasteiger partial charge in [0.2, 0.25) is 0 Å². The van der Waals surface area contributed by atoms with E-state index in [0.29, 0.717) is 60.4 Å². The second-order valence-electron chi connectivity index (χ2n) is 7.56. The highest BCUT2D eigenvalue weighted by molar-refractivity contribution is 7.99. The Morgan fingerprint density at radius 1 is 1.19 bits per heavy atom. The van der Waals surface area contributed by atoms with Gasteiger partial charge in [-0.25, -0.2) is 23.7 Å². The predicted octanol–water partition coefficient (Wildman–Crippen LogP) is 4.39. The largest absolute Gasteiger partial charge is 0.497 e. The quantitative estimate of drug-likeness (QED) is 0.572. The number of imidazole rings is 1. The Hall–Kier alpha value is -2.62. The summed E-state index contributed by atoms with van der Waals surface area (Å²) in [7, 11) is 3.19. The van der Waals surface area contributed by atoms with Gasteiger partial charge < -0.3 is 19.8 Å². The fourth-order valence-electron chi connectivity index (χ4n) is 3.90. The normalized spacial score (nSPS) is 21.4. The van der Waals surface area contributed by atoms with Crippen molar-refractivity contribution in [3.8, 4) is 23.0 Å². The van der Waals surface area contributed by atoms with Crippen molar-refractivity contribution in [1.82, 2.24) is 19.5 Å². The van der Waals surface area contributed by atoms with Gasteiger partial charge in [0.15, 0.2) is 22.5 Å². The third kappa shape index (κ3) is 4.53. The minimum Gasteiger partial charge on any atom is -0.497 e.